The van der Waals surface area contributed by atoms with Crippen molar-refractivity contribution in [3.8, 4) is 5.75 Å². The van der Waals surface area contributed by atoms with Crippen LogP contribution in [0.3, 0.4) is 0 Å². The highest BCUT2D eigenvalue weighted by molar-refractivity contribution is 6.03. The number of rotatable bonds is 8. The van der Waals surface area contributed by atoms with E-state index in [-0.39, 0.29) is 25.3 Å². The molecule has 0 fully saturated rings. The fourth-order valence-corrected chi connectivity index (χ4v) is 5.01. The highest BCUT2D eigenvalue weighted by atomic mass is 16.6. The van der Waals surface area contributed by atoms with Crippen LogP contribution in [-0.4, -0.2) is 57.0 Å². The number of hydrogen-bond donors (Lipinski definition) is 1. The summed E-state index contributed by atoms with van der Waals surface area (Å²) in [5.41, 5.74) is 3.57. The maximum absolute atomic E-state index is 13.2. The molecule has 0 unspecified atom stereocenters. The van der Waals surface area contributed by atoms with Crippen LogP contribution in [0.4, 0.5) is 10.5 Å². The molecule has 41 heavy (non-hydrogen) atoms. The molecule has 2 atom stereocenters. The summed E-state index contributed by atoms with van der Waals surface area (Å²) in [7, 11) is 4.01. The Labute approximate surface area is 236 Å². The van der Waals surface area contributed by atoms with E-state index in [0.29, 0.717) is 33.5 Å². The van der Waals surface area contributed by atoms with Crippen LogP contribution in [0.1, 0.15) is 33.3 Å². The van der Waals surface area contributed by atoms with Gasteiger partial charge >= 0.3 is 18.0 Å². The van der Waals surface area contributed by atoms with E-state index < -0.39 is 30.2 Å². The van der Waals surface area contributed by atoms with Crippen LogP contribution in [0.25, 0.3) is 10.9 Å². The number of amides is 1. The van der Waals surface area contributed by atoms with E-state index in [9.17, 15) is 14.4 Å². The van der Waals surface area contributed by atoms with E-state index in [4.69, 9.17) is 23.7 Å². The van der Waals surface area contributed by atoms with Crippen LogP contribution in [0, 0.1) is 0 Å². The predicted octanol–water partition coefficient (Wildman–Crippen LogP) is 4.96. The summed E-state index contributed by atoms with van der Waals surface area (Å²) < 4.78 is 27.5. The molecule has 4 aromatic rings. The molecule has 0 spiro atoms. The molecule has 0 aliphatic carbocycles. The van der Waals surface area contributed by atoms with Crippen molar-refractivity contribution in [1.82, 2.24) is 4.98 Å². The van der Waals surface area contributed by atoms with Crippen molar-refractivity contribution in [3.63, 3.8) is 0 Å². The van der Waals surface area contributed by atoms with Gasteiger partial charge in [-0.25, -0.2) is 14.4 Å². The molecule has 5 rings (SSSR count). The number of nitrogens with one attached hydrogen (secondary N) is 1. The van der Waals surface area contributed by atoms with Crippen molar-refractivity contribution >= 4 is 34.6 Å². The summed E-state index contributed by atoms with van der Waals surface area (Å²) >= 11 is 0. The Morgan fingerprint density at radius 3 is 2.32 bits per heavy atom. The van der Waals surface area contributed by atoms with Crippen molar-refractivity contribution in [2.24, 2.45) is 0 Å². The fourth-order valence-electron chi connectivity index (χ4n) is 5.01. The Morgan fingerprint density at radius 1 is 0.951 bits per heavy atom. The zero-order valence-electron chi connectivity index (χ0n) is 22.9. The van der Waals surface area contributed by atoms with Gasteiger partial charge in [-0.3, -0.25) is 4.90 Å². The van der Waals surface area contributed by atoms with Gasteiger partial charge < -0.3 is 28.7 Å². The molecule has 2 heterocycles. The molecule has 10 nitrogen and oxygen atoms in total. The number of aromatic amines is 1. The fraction of sp³-hybridized carbons (Fsp3) is 0.258. The first-order valence-corrected chi connectivity index (χ1v) is 13.0. The first-order valence-electron chi connectivity index (χ1n) is 13.0. The van der Waals surface area contributed by atoms with Crippen molar-refractivity contribution in [2.45, 2.75) is 25.2 Å². The Hall–Kier alpha value is -4.83. The zero-order chi connectivity index (χ0) is 28.9. The normalized spacial score (nSPS) is 15.1. The molecule has 0 bridgehead atoms. The molecule has 1 aliphatic heterocycles. The van der Waals surface area contributed by atoms with Crippen molar-refractivity contribution in [2.75, 3.05) is 32.8 Å². The quantitative estimate of drug-likeness (QED) is 0.238. The molecular weight excluding hydrogens is 528 g/mol. The number of hydrogen-bond acceptors (Lipinski definition) is 8. The van der Waals surface area contributed by atoms with Crippen LogP contribution >= 0.6 is 0 Å². The van der Waals surface area contributed by atoms with Crippen molar-refractivity contribution in [3.05, 3.63) is 95.2 Å². The second-order valence-electron chi connectivity index (χ2n) is 9.48. The summed E-state index contributed by atoms with van der Waals surface area (Å²) in [4.78, 5) is 43.1. The molecule has 1 N–H and O–H groups in total. The molecular formula is C31H30N2O8. The van der Waals surface area contributed by atoms with Gasteiger partial charge in [-0.2, -0.15) is 0 Å². The van der Waals surface area contributed by atoms with Gasteiger partial charge in [0.1, 0.15) is 24.2 Å². The SMILES string of the molecule is COC(=O)c1cc2c3c(cc(OCc4ccccc4)c2[nH]1)N(C(=O)OC)C[C@@H](OC(=O)[C@H](OC)c1ccccc1)C3. The smallest absolute Gasteiger partial charge is 0.414 e. The molecule has 0 saturated carbocycles. The Kier molecular flexibility index (Phi) is 8.21. The maximum Gasteiger partial charge on any atom is 0.414 e. The lowest BCUT2D eigenvalue weighted by atomic mass is 9.95. The third-order valence-electron chi connectivity index (χ3n) is 6.95. The first kappa shape index (κ1) is 27.7. The average Bonchev–Trinajstić information content (AvgIpc) is 3.46. The van der Waals surface area contributed by atoms with Crippen LogP contribution in [0.5, 0.6) is 5.75 Å². The number of methoxy groups -OCH3 is 3. The number of carbonyl (C=O) groups excluding carboxylic acids is 3. The van der Waals surface area contributed by atoms with Gasteiger partial charge in [0, 0.05) is 25.0 Å². The molecule has 1 aromatic heterocycles. The Bertz CT molecular complexity index is 1550. The number of nitrogens with zero attached hydrogens (tertiary/aromatic N) is 1. The summed E-state index contributed by atoms with van der Waals surface area (Å²) in [5.74, 6) is -0.704. The summed E-state index contributed by atoms with van der Waals surface area (Å²) in [5, 5.41) is 0.631. The molecule has 1 aliphatic rings. The summed E-state index contributed by atoms with van der Waals surface area (Å²) in [6.07, 6.45) is -2.01. The minimum atomic E-state index is -0.934. The second kappa shape index (κ2) is 12.1. The number of esters is 2. The van der Waals surface area contributed by atoms with Crippen molar-refractivity contribution < 1.29 is 38.1 Å². The van der Waals surface area contributed by atoms with Crippen LogP contribution in [-0.2, 0) is 36.8 Å². The Morgan fingerprint density at radius 2 is 1.66 bits per heavy atom. The van der Waals surface area contributed by atoms with Crippen molar-refractivity contribution in [1.29, 1.82) is 0 Å². The van der Waals surface area contributed by atoms with E-state index in [0.717, 1.165) is 5.56 Å². The van der Waals surface area contributed by atoms with E-state index >= 15 is 0 Å². The molecule has 0 radical (unpaired) electrons. The van der Waals surface area contributed by atoms with Gasteiger partial charge in [-0.1, -0.05) is 60.7 Å². The number of fused-ring (bicyclic) bond motifs is 3. The van der Waals surface area contributed by atoms with E-state index in [2.05, 4.69) is 4.98 Å². The van der Waals surface area contributed by atoms with Crippen LogP contribution in [0.15, 0.2) is 72.8 Å². The van der Waals surface area contributed by atoms with Gasteiger partial charge in [0.15, 0.2) is 6.10 Å². The minimum Gasteiger partial charge on any atom is -0.487 e. The van der Waals surface area contributed by atoms with Gasteiger partial charge in [0.05, 0.1) is 32.0 Å². The largest absolute Gasteiger partial charge is 0.487 e. The molecule has 212 valence electrons. The number of aromatic nitrogens is 1. The molecule has 1 amide bonds. The lowest BCUT2D eigenvalue weighted by molar-refractivity contribution is -0.161. The van der Waals surface area contributed by atoms with Gasteiger partial charge in [0.2, 0.25) is 0 Å². The highest BCUT2D eigenvalue weighted by Gasteiger charge is 2.36. The van der Waals surface area contributed by atoms with Gasteiger partial charge in [0.25, 0.3) is 0 Å². The van der Waals surface area contributed by atoms with Gasteiger partial charge in [-0.15, -0.1) is 0 Å². The lowest BCUT2D eigenvalue weighted by Gasteiger charge is -2.34. The number of anilines is 1. The van der Waals surface area contributed by atoms with Gasteiger partial charge in [-0.05, 0) is 22.8 Å². The van der Waals surface area contributed by atoms with Crippen LogP contribution < -0.4 is 9.64 Å². The standard InChI is InChI=1S/C31H30N2O8/c1-37-28(20-12-8-5-9-13-20)30(35)41-21-14-22-23-15-24(29(34)38-2)32-27(23)26(40-18-19-10-6-4-7-11-19)16-25(22)33(17-21)31(36)39-3/h4-13,15-16,21,28,32H,14,17-18H2,1-3H3/t21-,28+/m0/s1. The number of carbonyl (C=O) groups is 3. The van der Waals surface area contributed by atoms with E-state index in [1.165, 1.54) is 26.2 Å². The number of H-pyrrole nitrogens is 1. The summed E-state index contributed by atoms with van der Waals surface area (Å²) in [6.45, 7) is 0.312. The lowest BCUT2D eigenvalue weighted by Crippen LogP contribution is -2.44. The highest BCUT2D eigenvalue weighted by Crippen LogP contribution is 2.41. The Balaban J connectivity index is 1.53. The van der Waals surface area contributed by atoms with E-state index in [1.807, 2.05) is 48.5 Å². The maximum atomic E-state index is 13.2. The molecule has 0 saturated heterocycles. The molecule has 3 aromatic carbocycles. The second-order valence-corrected chi connectivity index (χ2v) is 9.48. The monoisotopic (exact) mass is 558 g/mol. The minimum absolute atomic E-state index is 0.0501. The third-order valence-corrected chi connectivity index (χ3v) is 6.95. The third kappa shape index (κ3) is 5.73. The van der Waals surface area contributed by atoms with Crippen LogP contribution in [0.2, 0.25) is 0 Å². The zero-order valence-corrected chi connectivity index (χ0v) is 22.9. The predicted molar refractivity (Wildman–Crippen MR) is 150 cm³/mol. The first-order chi connectivity index (χ1) is 19.9. The number of ether oxygens (including phenoxy) is 5. The summed E-state index contributed by atoms with van der Waals surface area (Å²) in [6, 6.07) is 22.0. The average molecular weight is 559 g/mol. The number of benzene rings is 3. The van der Waals surface area contributed by atoms with E-state index in [1.54, 1.807) is 24.3 Å². The topological polar surface area (TPSA) is 116 Å². The molecule has 10 heteroatoms.